The predicted molar refractivity (Wildman–Crippen MR) is 74.8 cm³/mol. The quantitative estimate of drug-likeness (QED) is 0.747. The van der Waals surface area contributed by atoms with Gasteiger partial charge in [-0.25, -0.2) is 4.79 Å². The molecule has 1 rings (SSSR count). The fourth-order valence-corrected chi connectivity index (χ4v) is 2.89. The zero-order valence-electron chi connectivity index (χ0n) is 12.3. The summed E-state index contributed by atoms with van der Waals surface area (Å²) in [6, 6.07) is -0.773. The molecular weight excluding hydrogens is 242 g/mol. The van der Waals surface area contributed by atoms with E-state index in [2.05, 4.69) is 5.32 Å². The van der Waals surface area contributed by atoms with Gasteiger partial charge in [-0.1, -0.05) is 46.5 Å². The van der Waals surface area contributed by atoms with Crippen molar-refractivity contribution in [2.45, 2.75) is 65.3 Å². The van der Waals surface area contributed by atoms with Crippen molar-refractivity contribution in [2.75, 3.05) is 0 Å². The topological polar surface area (TPSA) is 66.4 Å². The van der Waals surface area contributed by atoms with Gasteiger partial charge in [-0.2, -0.15) is 0 Å². The molecule has 0 spiro atoms. The van der Waals surface area contributed by atoms with Crippen LogP contribution in [0.2, 0.25) is 0 Å². The highest BCUT2D eigenvalue weighted by Crippen LogP contribution is 2.31. The first-order valence-electron chi connectivity index (χ1n) is 7.48. The van der Waals surface area contributed by atoms with E-state index < -0.39 is 12.0 Å². The molecule has 1 fully saturated rings. The van der Waals surface area contributed by atoms with E-state index in [9.17, 15) is 9.59 Å². The van der Waals surface area contributed by atoms with Gasteiger partial charge in [0.15, 0.2) is 0 Å². The molecule has 0 aromatic rings. The molecule has 0 heterocycles. The molecule has 1 aliphatic rings. The highest BCUT2D eigenvalue weighted by atomic mass is 16.4. The van der Waals surface area contributed by atoms with Crippen LogP contribution in [0.15, 0.2) is 0 Å². The van der Waals surface area contributed by atoms with E-state index >= 15 is 0 Å². The second-order valence-corrected chi connectivity index (χ2v) is 6.06. The summed E-state index contributed by atoms with van der Waals surface area (Å²) in [4.78, 5) is 23.3. The summed E-state index contributed by atoms with van der Waals surface area (Å²) in [5.41, 5.74) is 0. The highest BCUT2D eigenvalue weighted by Gasteiger charge is 2.28. The number of carbonyl (C=O) groups is 2. The Balaban J connectivity index is 2.54. The Hall–Kier alpha value is -1.06. The van der Waals surface area contributed by atoms with Crippen molar-refractivity contribution in [1.82, 2.24) is 5.32 Å². The Bertz CT molecular complexity index is 309. The third-order valence-electron chi connectivity index (χ3n) is 4.19. The van der Waals surface area contributed by atoms with Crippen LogP contribution in [0.4, 0.5) is 0 Å². The van der Waals surface area contributed by atoms with Gasteiger partial charge in [-0.3, -0.25) is 4.79 Å². The summed E-state index contributed by atoms with van der Waals surface area (Å²) >= 11 is 0. The van der Waals surface area contributed by atoms with Crippen molar-refractivity contribution in [3.05, 3.63) is 0 Å². The zero-order chi connectivity index (χ0) is 14.4. The van der Waals surface area contributed by atoms with Crippen LogP contribution in [-0.2, 0) is 9.59 Å². The number of carbonyl (C=O) groups excluding carboxylic acids is 1. The maximum Gasteiger partial charge on any atom is 0.326 e. The summed E-state index contributed by atoms with van der Waals surface area (Å²) in [5.74, 6) is -0.512. The van der Waals surface area contributed by atoms with E-state index in [-0.39, 0.29) is 17.7 Å². The van der Waals surface area contributed by atoms with Crippen molar-refractivity contribution >= 4 is 11.9 Å². The smallest absolute Gasteiger partial charge is 0.326 e. The Morgan fingerprint density at radius 2 is 1.84 bits per heavy atom. The summed E-state index contributed by atoms with van der Waals surface area (Å²) in [6.07, 6.45) is 6.67. The normalized spacial score (nSPS) is 19.4. The maximum atomic E-state index is 12.2. The second-order valence-electron chi connectivity index (χ2n) is 6.06. The van der Waals surface area contributed by atoms with E-state index in [1.165, 1.54) is 25.7 Å². The van der Waals surface area contributed by atoms with Gasteiger partial charge in [-0.05, 0) is 24.7 Å². The number of hydrogen-bond acceptors (Lipinski definition) is 2. The molecule has 1 saturated carbocycles. The molecule has 1 aliphatic carbocycles. The molecule has 0 aliphatic heterocycles. The fourth-order valence-electron chi connectivity index (χ4n) is 2.89. The Labute approximate surface area is 116 Å². The third-order valence-corrected chi connectivity index (χ3v) is 4.19. The number of carboxylic acid groups (broad SMARTS) is 1. The number of carboxylic acids is 1. The van der Waals surface area contributed by atoms with Crippen LogP contribution in [0.1, 0.15) is 59.3 Å². The first-order valence-corrected chi connectivity index (χ1v) is 7.48. The zero-order valence-corrected chi connectivity index (χ0v) is 12.3. The molecule has 0 saturated heterocycles. The largest absolute Gasteiger partial charge is 0.480 e. The van der Waals surface area contributed by atoms with Gasteiger partial charge in [0, 0.05) is 5.92 Å². The van der Waals surface area contributed by atoms with Crippen molar-refractivity contribution < 1.29 is 14.7 Å². The Kier molecular flexibility index (Phi) is 6.32. The first kappa shape index (κ1) is 16.0. The maximum absolute atomic E-state index is 12.2. The second kappa shape index (κ2) is 7.51. The lowest BCUT2D eigenvalue weighted by molar-refractivity contribution is -0.143. The van der Waals surface area contributed by atoms with Gasteiger partial charge in [0.1, 0.15) is 6.04 Å². The van der Waals surface area contributed by atoms with Gasteiger partial charge in [0.2, 0.25) is 5.91 Å². The van der Waals surface area contributed by atoms with E-state index in [4.69, 9.17) is 5.11 Å². The summed E-state index contributed by atoms with van der Waals surface area (Å²) in [7, 11) is 0. The molecule has 2 N–H and O–H groups in total. The van der Waals surface area contributed by atoms with Crippen molar-refractivity contribution in [2.24, 2.45) is 17.8 Å². The van der Waals surface area contributed by atoms with Gasteiger partial charge in [-0.15, -0.1) is 0 Å². The molecule has 19 heavy (non-hydrogen) atoms. The standard InChI is InChI=1S/C15H27NO3/c1-4-12(9-11-7-5-6-8-11)14(17)16-13(10(2)3)15(18)19/h10-13H,4-9H2,1-3H3,(H,16,17)(H,18,19). The van der Waals surface area contributed by atoms with Crippen LogP contribution in [0.3, 0.4) is 0 Å². The van der Waals surface area contributed by atoms with Gasteiger partial charge in [0.05, 0.1) is 0 Å². The minimum atomic E-state index is -0.945. The number of amides is 1. The number of aliphatic carboxylic acids is 1. The van der Waals surface area contributed by atoms with Crippen molar-refractivity contribution in [3.8, 4) is 0 Å². The monoisotopic (exact) mass is 269 g/mol. The lowest BCUT2D eigenvalue weighted by Gasteiger charge is -2.23. The van der Waals surface area contributed by atoms with Crippen LogP contribution >= 0.6 is 0 Å². The minimum Gasteiger partial charge on any atom is -0.480 e. The van der Waals surface area contributed by atoms with Crippen LogP contribution in [-0.4, -0.2) is 23.0 Å². The van der Waals surface area contributed by atoms with Crippen molar-refractivity contribution in [3.63, 3.8) is 0 Å². The van der Waals surface area contributed by atoms with Crippen LogP contribution in [0, 0.1) is 17.8 Å². The average molecular weight is 269 g/mol. The highest BCUT2D eigenvalue weighted by molar-refractivity contribution is 5.85. The van der Waals surface area contributed by atoms with E-state index in [0.717, 1.165) is 12.8 Å². The SMILES string of the molecule is CCC(CC1CCCC1)C(=O)NC(C(=O)O)C(C)C. The number of rotatable bonds is 7. The summed E-state index contributed by atoms with van der Waals surface area (Å²) in [5, 5.41) is 11.8. The van der Waals surface area contributed by atoms with Crippen LogP contribution in [0.25, 0.3) is 0 Å². The average Bonchev–Trinajstić information content (AvgIpc) is 2.84. The number of hydrogen-bond donors (Lipinski definition) is 2. The molecule has 110 valence electrons. The predicted octanol–water partition coefficient (Wildman–Crippen LogP) is 2.82. The summed E-state index contributed by atoms with van der Waals surface area (Å²) < 4.78 is 0. The van der Waals surface area contributed by atoms with Gasteiger partial charge in [0.25, 0.3) is 0 Å². The molecule has 4 nitrogen and oxygen atoms in total. The fraction of sp³-hybridized carbons (Fsp3) is 0.867. The number of nitrogens with one attached hydrogen (secondary N) is 1. The molecule has 0 radical (unpaired) electrons. The van der Waals surface area contributed by atoms with Crippen molar-refractivity contribution in [1.29, 1.82) is 0 Å². The van der Waals surface area contributed by atoms with Gasteiger partial charge < -0.3 is 10.4 Å². The molecule has 2 atom stereocenters. The minimum absolute atomic E-state index is 0.0382. The molecule has 4 heteroatoms. The molecular formula is C15H27NO3. The lowest BCUT2D eigenvalue weighted by Crippen LogP contribution is -2.46. The lowest BCUT2D eigenvalue weighted by atomic mass is 9.90. The molecule has 0 bridgehead atoms. The first-order chi connectivity index (χ1) is 8.95. The molecule has 2 unspecified atom stereocenters. The Morgan fingerprint density at radius 1 is 1.26 bits per heavy atom. The third kappa shape index (κ3) is 4.84. The molecule has 1 amide bonds. The van der Waals surface area contributed by atoms with Crippen LogP contribution in [0.5, 0.6) is 0 Å². The van der Waals surface area contributed by atoms with E-state index in [0.29, 0.717) is 5.92 Å². The molecule has 0 aromatic heterocycles. The van der Waals surface area contributed by atoms with Crippen LogP contribution < -0.4 is 5.32 Å². The Morgan fingerprint density at radius 3 is 2.26 bits per heavy atom. The van der Waals surface area contributed by atoms with E-state index in [1.807, 2.05) is 20.8 Å². The van der Waals surface area contributed by atoms with E-state index in [1.54, 1.807) is 0 Å². The summed E-state index contributed by atoms with van der Waals surface area (Å²) in [6.45, 7) is 5.64. The molecule has 0 aromatic carbocycles. The van der Waals surface area contributed by atoms with Gasteiger partial charge >= 0.3 is 5.97 Å².